The normalized spacial score (nSPS) is 11.0. The lowest BCUT2D eigenvalue weighted by molar-refractivity contribution is -0.117. The number of hydrogen-bond donors (Lipinski definition) is 0. The molecule has 0 aliphatic carbocycles. The van der Waals surface area contributed by atoms with E-state index in [0.717, 1.165) is 58.1 Å². The minimum atomic E-state index is -0.0115. The molecule has 4 aromatic rings. The fourth-order valence-electron chi connectivity index (χ4n) is 3.82. The zero-order valence-electron chi connectivity index (χ0n) is 19.0. The summed E-state index contributed by atoms with van der Waals surface area (Å²) in [7, 11) is 3.45. The van der Waals surface area contributed by atoms with E-state index in [-0.39, 0.29) is 12.3 Å². The summed E-state index contributed by atoms with van der Waals surface area (Å²) in [6.45, 7) is 4.20. The van der Waals surface area contributed by atoms with Crippen molar-refractivity contribution in [2.24, 2.45) is 0 Å². The monoisotopic (exact) mass is 428 g/mol. The predicted molar refractivity (Wildman–Crippen MR) is 127 cm³/mol. The van der Waals surface area contributed by atoms with E-state index in [4.69, 9.17) is 14.8 Å². The molecule has 0 aliphatic heterocycles. The first kappa shape index (κ1) is 21.6. The highest BCUT2D eigenvalue weighted by Crippen LogP contribution is 2.29. The summed E-state index contributed by atoms with van der Waals surface area (Å²) in [6, 6.07) is 19.5. The van der Waals surface area contributed by atoms with Gasteiger partial charge in [0.15, 0.2) is 5.65 Å². The molecule has 32 heavy (non-hydrogen) atoms. The highest BCUT2D eigenvalue weighted by molar-refractivity contribution is 5.96. The number of carbonyl (C=O) groups is 1. The van der Waals surface area contributed by atoms with Crippen LogP contribution in [-0.2, 0) is 24.1 Å². The molecule has 2 aromatic carbocycles. The first-order chi connectivity index (χ1) is 15.5. The number of ether oxygens (including phenoxy) is 1. The van der Waals surface area contributed by atoms with Gasteiger partial charge in [-0.05, 0) is 55.3 Å². The number of methoxy groups -OCH3 is 1. The molecule has 0 saturated heterocycles. The molecule has 4 rings (SSSR count). The Hall–Kier alpha value is -3.67. The maximum Gasteiger partial charge on any atom is 0.231 e. The van der Waals surface area contributed by atoms with E-state index in [2.05, 4.69) is 19.9 Å². The minimum absolute atomic E-state index is 0.0115. The molecule has 164 valence electrons. The average molecular weight is 429 g/mol. The second-order valence-corrected chi connectivity index (χ2v) is 7.70. The minimum Gasteiger partial charge on any atom is -0.497 e. The number of carbonyl (C=O) groups excluding carboxylic acids is 1. The fourth-order valence-corrected chi connectivity index (χ4v) is 3.82. The van der Waals surface area contributed by atoms with Crippen molar-refractivity contribution >= 4 is 17.2 Å². The number of anilines is 1. The van der Waals surface area contributed by atoms with Crippen LogP contribution < -0.4 is 9.64 Å². The molecule has 0 atom stereocenters. The number of benzene rings is 2. The van der Waals surface area contributed by atoms with Crippen LogP contribution >= 0.6 is 0 Å². The molecule has 0 fully saturated rings. The largest absolute Gasteiger partial charge is 0.497 e. The van der Waals surface area contributed by atoms with Crippen molar-refractivity contribution in [3.63, 3.8) is 0 Å². The molecule has 2 aromatic heterocycles. The van der Waals surface area contributed by atoms with Crippen molar-refractivity contribution in [3.05, 3.63) is 77.6 Å². The van der Waals surface area contributed by atoms with Crippen LogP contribution in [0.2, 0.25) is 0 Å². The summed E-state index contributed by atoms with van der Waals surface area (Å²) < 4.78 is 7.20. The standard InChI is InChI=1S/C26H28N4O2/c1-5-19-16-20(6-2)30-26(27-19)23(17-24(31)29(3)21-10-8-7-9-11-21)25(28-30)18-12-14-22(32-4)15-13-18/h7-16H,5-6,17H2,1-4H3. The van der Waals surface area contributed by atoms with E-state index < -0.39 is 0 Å². The molecule has 0 spiro atoms. The third kappa shape index (κ3) is 4.08. The molecule has 2 heterocycles. The molecule has 6 nitrogen and oxygen atoms in total. The molecule has 0 radical (unpaired) electrons. The number of aromatic nitrogens is 3. The van der Waals surface area contributed by atoms with Gasteiger partial charge in [0.1, 0.15) is 5.75 Å². The number of para-hydroxylation sites is 1. The van der Waals surface area contributed by atoms with Crippen LogP contribution in [0.1, 0.15) is 30.8 Å². The van der Waals surface area contributed by atoms with Crippen molar-refractivity contribution < 1.29 is 9.53 Å². The third-order valence-corrected chi connectivity index (χ3v) is 5.74. The van der Waals surface area contributed by atoms with Gasteiger partial charge in [-0.2, -0.15) is 5.10 Å². The maximum absolute atomic E-state index is 13.3. The zero-order valence-corrected chi connectivity index (χ0v) is 19.0. The zero-order chi connectivity index (χ0) is 22.7. The van der Waals surface area contributed by atoms with Crippen LogP contribution in [0.4, 0.5) is 5.69 Å². The number of nitrogens with zero attached hydrogens (tertiary/aromatic N) is 4. The quantitative estimate of drug-likeness (QED) is 0.427. The van der Waals surface area contributed by atoms with Gasteiger partial charge in [-0.3, -0.25) is 4.79 Å². The molecule has 0 bridgehead atoms. The molecule has 6 heteroatoms. The van der Waals surface area contributed by atoms with E-state index in [0.29, 0.717) is 0 Å². The van der Waals surface area contributed by atoms with Crippen molar-refractivity contribution in [2.75, 3.05) is 19.1 Å². The van der Waals surface area contributed by atoms with E-state index in [9.17, 15) is 4.79 Å². The lowest BCUT2D eigenvalue weighted by atomic mass is 10.0. The van der Waals surface area contributed by atoms with Crippen molar-refractivity contribution in [1.29, 1.82) is 0 Å². The molecule has 0 unspecified atom stereocenters. The lowest BCUT2D eigenvalue weighted by Crippen LogP contribution is -2.28. The Morgan fingerprint density at radius 2 is 1.75 bits per heavy atom. The van der Waals surface area contributed by atoms with Gasteiger partial charge in [-0.15, -0.1) is 0 Å². The molecule has 0 N–H and O–H groups in total. The van der Waals surface area contributed by atoms with Gasteiger partial charge in [-0.1, -0.05) is 32.0 Å². The van der Waals surface area contributed by atoms with Crippen LogP contribution in [0.3, 0.4) is 0 Å². The summed E-state index contributed by atoms with van der Waals surface area (Å²) >= 11 is 0. The number of amides is 1. The molecular formula is C26H28N4O2. The summed E-state index contributed by atoms with van der Waals surface area (Å²) in [5, 5.41) is 4.91. The highest BCUT2D eigenvalue weighted by Gasteiger charge is 2.22. The van der Waals surface area contributed by atoms with Crippen LogP contribution in [0.5, 0.6) is 5.75 Å². The van der Waals surface area contributed by atoms with Crippen LogP contribution in [0.25, 0.3) is 16.9 Å². The van der Waals surface area contributed by atoms with Crippen molar-refractivity contribution in [3.8, 4) is 17.0 Å². The Bertz CT molecular complexity index is 1230. The lowest BCUT2D eigenvalue weighted by Gasteiger charge is -2.17. The Morgan fingerprint density at radius 3 is 2.38 bits per heavy atom. The SMILES string of the molecule is CCc1cc(CC)n2nc(-c3ccc(OC)cc3)c(CC(=O)N(C)c3ccccc3)c2n1. The van der Waals surface area contributed by atoms with Gasteiger partial charge < -0.3 is 9.64 Å². The maximum atomic E-state index is 13.3. The Kier molecular flexibility index (Phi) is 6.21. The van der Waals surface area contributed by atoms with Crippen molar-refractivity contribution in [1.82, 2.24) is 14.6 Å². The molecule has 0 saturated carbocycles. The Morgan fingerprint density at radius 1 is 1.03 bits per heavy atom. The Balaban J connectivity index is 1.84. The van der Waals surface area contributed by atoms with E-state index in [1.807, 2.05) is 59.1 Å². The summed E-state index contributed by atoms with van der Waals surface area (Å²) in [5.74, 6) is 0.766. The highest BCUT2D eigenvalue weighted by atomic mass is 16.5. The van der Waals surface area contributed by atoms with Crippen LogP contribution in [-0.4, -0.2) is 34.7 Å². The first-order valence-electron chi connectivity index (χ1n) is 10.9. The summed E-state index contributed by atoms with van der Waals surface area (Å²) in [4.78, 5) is 19.8. The second kappa shape index (κ2) is 9.22. The number of likely N-dealkylation sites (N-methyl/N-ethyl adjacent to an activating group) is 1. The summed E-state index contributed by atoms with van der Waals surface area (Å²) in [6.07, 6.45) is 1.86. The topological polar surface area (TPSA) is 59.7 Å². The van der Waals surface area contributed by atoms with Gasteiger partial charge in [0.2, 0.25) is 5.91 Å². The Labute approximate surface area is 188 Å². The molecule has 1 amide bonds. The smallest absolute Gasteiger partial charge is 0.231 e. The molecule has 0 aliphatic rings. The number of hydrogen-bond acceptors (Lipinski definition) is 4. The third-order valence-electron chi connectivity index (χ3n) is 5.74. The van der Waals surface area contributed by atoms with Crippen LogP contribution in [0.15, 0.2) is 60.7 Å². The van der Waals surface area contributed by atoms with E-state index in [1.54, 1.807) is 19.1 Å². The fraction of sp³-hybridized carbons (Fsp3) is 0.269. The second-order valence-electron chi connectivity index (χ2n) is 7.70. The number of aryl methyl sites for hydroxylation is 2. The van der Waals surface area contributed by atoms with Gasteiger partial charge in [0, 0.05) is 35.2 Å². The average Bonchev–Trinajstić information content (AvgIpc) is 3.21. The number of fused-ring (bicyclic) bond motifs is 1. The van der Waals surface area contributed by atoms with Gasteiger partial charge in [0.05, 0.1) is 19.2 Å². The summed E-state index contributed by atoms with van der Waals surface area (Å²) in [5.41, 5.74) is 6.24. The number of rotatable bonds is 7. The van der Waals surface area contributed by atoms with Gasteiger partial charge >= 0.3 is 0 Å². The van der Waals surface area contributed by atoms with Gasteiger partial charge in [-0.25, -0.2) is 9.50 Å². The van der Waals surface area contributed by atoms with Crippen LogP contribution in [0, 0.1) is 0 Å². The first-order valence-corrected chi connectivity index (χ1v) is 10.9. The molecular weight excluding hydrogens is 400 g/mol. The van der Waals surface area contributed by atoms with Gasteiger partial charge in [0.25, 0.3) is 0 Å². The predicted octanol–water partition coefficient (Wildman–Crippen LogP) is 4.74. The van der Waals surface area contributed by atoms with Crippen molar-refractivity contribution in [2.45, 2.75) is 33.1 Å². The van der Waals surface area contributed by atoms with E-state index in [1.165, 1.54) is 0 Å². The van der Waals surface area contributed by atoms with E-state index >= 15 is 0 Å².